The van der Waals surface area contributed by atoms with Crippen molar-refractivity contribution in [2.24, 2.45) is 0 Å². The van der Waals surface area contributed by atoms with E-state index in [1.807, 2.05) is 4.90 Å². The monoisotopic (exact) mass is 169 g/mol. The minimum Gasteiger partial charge on any atom is -0.340 e. The Morgan fingerprint density at radius 1 is 1.50 bits per heavy atom. The van der Waals surface area contributed by atoms with Gasteiger partial charge in [-0.05, 0) is 26.2 Å². The van der Waals surface area contributed by atoms with Crippen LogP contribution in [0, 0.1) is 0 Å². The first kappa shape index (κ1) is 9.56. The highest BCUT2D eigenvalue weighted by Crippen LogP contribution is 2.15. The van der Waals surface area contributed by atoms with Gasteiger partial charge in [0.2, 0.25) is 5.91 Å². The van der Waals surface area contributed by atoms with Crippen LogP contribution in [-0.4, -0.2) is 23.4 Å². The second-order valence-corrected chi connectivity index (χ2v) is 3.68. The Hall–Kier alpha value is -0.530. The van der Waals surface area contributed by atoms with Gasteiger partial charge in [-0.3, -0.25) is 4.79 Å². The molecule has 0 saturated carbocycles. The Balaban J connectivity index is 2.42. The van der Waals surface area contributed by atoms with Crippen LogP contribution in [0.2, 0.25) is 0 Å². The Morgan fingerprint density at radius 2 is 2.25 bits per heavy atom. The fourth-order valence-corrected chi connectivity index (χ4v) is 1.87. The summed E-state index contributed by atoms with van der Waals surface area (Å²) in [5.41, 5.74) is 0. The van der Waals surface area contributed by atoms with Crippen molar-refractivity contribution in [2.75, 3.05) is 6.54 Å². The molecule has 1 rings (SSSR count). The molecule has 0 aromatic rings. The zero-order valence-corrected chi connectivity index (χ0v) is 8.18. The molecule has 1 fully saturated rings. The van der Waals surface area contributed by atoms with E-state index in [1.54, 1.807) is 0 Å². The van der Waals surface area contributed by atoms with E-state index in [-0.39, 0.29) is 0 Å². The zero-order valence-electron chi connectivity index (χ0n) is 8.18. The van der Waals surface area contributed by atoms with E-state index < -0.39 is 0 Å². The van der Waals surface area contributed by atoms with Crippen molar-refractivity contribution >= 4 is 5.91 Å². The molecule has 2 heteroatoms. The summed E-state index contributed by atoms with van der Waals surface area (Å²) in [6.07, 6.45) is 5.37. The average molecular weight is 169 g/mol. The van der Waals surface area contributed by atoms with Crippen LogP contribution in [0.4, 0.5) is 0 Å². The van der Waals surface area contributed by atoms with Gasteiger partial charge in [-0.1, -0.05) is 13.3 Å². The van der Waals surface area contributed by atoms with E-state index >= 15 is 0 Å². The number of hydrogen-bond donors (Lipinski definition) is 0. The molecular formula is C10H19NO. The van der Waals surface area contributed by atoms with Crippen LogP contribution >= 0.6 is 0 Å². The Morgan fingerprint density at radius 3 is 2.83 bits per heavy atom. The van der Waals surface area contributed by atoms with Crippen molar-refractivity contribution in [3.8, 4) is 0 Å². The van der Waals surface area contributed by atoms with Gasteiger partial charge in [0, 0.05) is 19.0 Å². The third kappa shape index (κ3) is 2.23. The summed E-state index contributed by atoms with van der Waals surface area (Å²) >= 11 is 0. The van der Waals surface area contributed by atoms with E-state index in [0.717, 1.165) is 25.8 Å². The maximum atomic E-state index is 11.4. The Bertz CT molecular complexity index is 156. The predicted octanol–water partition coefficient (Wildman–Crippen LogP) is 2.19. The lowest BCUT2D eigenvalue weighted by atomic mass is 10.1. The Labute approximate surface area is 74.9 Å². The van der Waals surface area contributed by atoms with E-state index in [9.17, 15) is 4.79 Å². The molecule has 0 bridgehead atoms. The molecule has 70 valence electrons. The molecule has 0 aromatic heterocycles. The number of amides is 1. The van der Waals surface area contributed by atoms with Gasteiger partial charge in [-0.25, -0.2) is 0 Å². The minimum absolute atomic E-state index is 0.363. The predicted molar refractivity (Wildman–Crippen MR) is 49.9 cm³/mol. The summed E-state index contributed by atoms with van der Waals surface area (Å²) in [7, 11) is 0. The highest BCUT2D eigenvalue weighted by Gasteiger charge is 2.21. The molecule has 0 aromatic carbocycles. The SMILES string of the molecule is CCCC(C)N1CCCCC1=O. The molecule has 2 nitrogen and oxygen atoms in total. The van der Waals surface area contributed by atoms with Gasteiger partial charge < -0.3 is 4.90 Å². The van der Waals surface area contributed by atoms with Gasteiger partial charge in [0.1, 0.15) is 0 Å². The molecule has 0 aliphatic carbocycles. The lowest BCUT2D eigenvalue weighted by molar-refractivity contribution is -0.135. The number of carbonyl (C=O) groups is 1. The molecule has 1 aliphatic heterocycles. The van der Waals surface area contributed by atoms with Crippen molar-refractivity contribution in [1.82, 2.24) is 4.90 Å². The number of carbonyl (C=O) groups excluding carboxylic acids is 1. The highest BCUT2D eigenvalue weighted by atomic mass is 16.2. The topological polar surface area (TPSA) is 20.3 Å². The largest absolute Gasteiger partial charge is 0.340 e. The third-order valence-electron chi connectivity index (χ3n) is 2.60. The van der Waals surface area contributed by atoms with Crippen molar-refractivity contribution < 1.29 is 4.79 Å². The van der Waals surface area contributed by atoms with Crippen LogP contribution in [-0.2, 0) is 4.79 Å². The lowest BCUT2D eigenvalue weighted by Gasteiger charge is -2.32. The van der Waals surface area contributed by atoms with Crippen LogP contribution in [0.3, 0.4) is 0 Å². The standard InChI is InChI=1S/C10H19NO/c1-3-6-9(2)11-8-5-4-7-10(11)12/h9H,3-8H2,1-2H3. The number of nitrogens with zero attached hydrogens (tertiary/aromatic N) is 1. The van der Waals surface area contributed by atoms with Crippen molar-refractivity contribution in [3.63, 3.8) is 0 Å². The molecule has 0 spiro atoms. The summed E-state index contributed by atoms with van der Waals surface area (Å²) < 4.78 is 0. The first-order valence-electron chi connectivity index (χ1n) is 5.05. The lowest BCUT2D eigenvalue weighted by Crippen LogP contribution is -2.41. The number of piperidine rings is 1. The molecule has 0 radical (unpaired) electrons. The van der Waals surface area contributed by atoms with E-state index in [2.05, 4.69) is 13.8 Å². The van der Waals surface area contributed by atoms with E-state index in [1.165, 1.54) is 12.8 Å². The van der Waals surface area contributed by atoms with Gasteiger partial charge in [-0.2, -0.15) is 0 Å². The summed E-state index contributed by atoms with van der Waals surface area (Å²) in [6.45, 7) is 5.32. The van der Waals surface area contributed by atoms with Gasteiger partial charge in [0.15, 0.2) is 0 Å². The van der Waals surface area contributed by atoms with E-state index in [4.69, 9.17) is 0 Å². The first-order chi connectivity index (χ1) is 5.75. The van der Waals surface area contributed by atoms with Gasteiger partial charge in [-0.15, -0.1) is 0 Å². The summed E-state index contributed by atoms with van der Waals surface area (Å²) in [4.78, 5) is 13.5. The van der Waals surface area contributed by atoms with Crippen molar-refractivity contribution in [1.29, 1.82) is 0 Å². The second kappa shape index (κ2) is 4.48. The molecule has 1 unspecified atom stereocenters. The zero-order chi connectivity index (χ0) is 8.97. The van der Waals surface area contributed by atoms with Crippen LogP contribution in [0.15, 0.2) is 0 Å². The Kier molecular flexibility index (Phi) is 3.57. The smallest absolute Gasteiger partial charge is 0.222 e. The van der Waals surface area contributed by atoms with Gasteiger partial charge >= 0.3 is 0 Å². The molecule has 1 heterocycles. The molecule has 1 saturated heterocycles. The van der Waals surface area contributed by atoms with Gasteiger partial charge in [0.05, 0.1) is 0 Å². The molecule has 1 aliphatic rings. The summed E-state index contributed by atoms with van der Waals surface area (Å²) in [6, 6.07) is 0.461. The van der Waals surface area contributed by atoms with Crippen LogP contribution in [0.1, 0.15) is 46.0 Å². The molecule has 1 amide bonds. The van der Waals surface area contributed by atoms with Crippen molar-refractivity contribution in [2.45, 2.75) is 52.0 Å². The fraction of sp³-hybridized carbons (Fsp3) is 0.900. The number of likely N-dealkylation sites (tertiary alicyclic amines) is 1. The fourth-order valence-electron chi connectivity index (χ4n) is 1.87. The van der Waals surface area contributed by atoms with Crippen molar-refractivity contribution in [3.05, 3.63) is 0 Å². The molecule has 1 atom stereocenters. The highest BCUT2D eigenvalue weighted by molar-refractivity contribution is 5.77. The quantitative estimate of drug-likeness (QED) is 0.634. The average Bonchev–Trinajstić information content (AvgIpc) is 2.05. The van der Waals surface area contributed by atoms with Crippen LogP contribution < -0.4 is 0 Å². The maximum Gasteiger partial charge on any atom is 0.222 e. The summed E-state index contributed by atoms with van der Waals surface area (Å²) in [5, 5.41) is 0. The number of rotatable bonds is 3. The molecule has 12 heavy (non-hydrogen) atoms. The normalized spacial score (nSPS) is 21.2. The maximum absolute atomic E-state index is 11.4. The first-order valence-corrected chi connectivity index (χ1v) is 5.05. The van der Waals surface area contributed by atoms with Crippen LogP contribution in [0.25, 0.3) is 0 Å². The second-order valence-electron chi connectivity index (χ2n) is 3.68. The van der Waals surface area contributed by atoms with Crippen LogP contribution in [0.5, 0.6) is 0 Å². The summed E-state index contributed by atoms with van der Waals surface area (Å²) in [5.74, 6) is 0.363. The van der Waals surface area contributed by atoms with E-state index in [0.29, 0.717) is 11.9 Å². The number of hydrogen-bond acceptors (Lipinski definition) is 1. The molecule has 0 N–H and O–H groups in total. The minimum atomic E-state index is 0.363. The molecular weight excluding hydrogens is 150 g/mol. The van der Waals surface area contributed by atoms with Gasteiger partial charge in [0.25, 0.3) is 0 Å². The third-order valence-corrected chi connectivity index (χ3v) is 2.60.